The Balaban J connectivity index is 1.98. The number of sulfonamides is 2. The van der Waals surface area contributed by atoms with Gasteiger partial charge in [0.15, 0.2) is 6.61 Å². The van der Waals surface area contributed by atoms with E-state index in [0.717, 1.165) is 12.8 Å². The van der Waals surface area contributed by atoms with Gasteiger partial charge in [0, 0.05) is 12.2 Å². The number of carbonyl (C=O) groups is 1. The van der Waals surface area contributed by atoms with Gasteiger partial charge in [-0.25, -0.2) is 26.3 Å². The van der Waals surface area contributed by atoms with Gasteiger partial charge in [-0.2, -0.15) is 0 Å². The number of benzene rings is 2. The average Bonchev–Trinajstić information content (AvgIpc) is 2.74. The Morgan fingerprint density at radius 2 is 1.61 bits per heavy atom. The maximum atomic E-state index is 12.2. The Kier molecular flexibility index (Phi) is 8.57. The normalized spacial score (nSPS) is 11.8. The Labute approximate surface area is 183 Å². The van der Waals surface area contributed by atoms with E-state index in [-0.39, 0.29) is 16.4 Å². The molecule has 0 saturated carbocycles. The fraction of sp³-hybridized carbons (Fsp3) is 0.350. The molecular weight excluding hydrogens is 442 g/mol. The second kappa shape index (κ2) is 10.7. The van der Waals surface area contributed by atoms with Gasteiger partial charge >= 0.3 is 0 Å². The van der Waals surface area contributed by atoms with Gasteiger partial charge in [-0.15, -0.1) is 0 Å². The van der Waals surface area contributed by atoms with Gasteiger partial charge < -0.3 is 10.1 Å². The van der Waals surface area contributed by atoms with Gasteiger partial charge in [0.1, 0.15) is 5.75 Å². The summed E-state index contributed by atoms with van der Waals surface area (Å²) in [4.78, 5) is 12.4. The van der Waals surface area contributed by atoms with Crippen molar-refractivity contribution >= 4 is 31.6 Å². The maximum absolute atomic E-state index is 12.2. The third-order valence-corrected chi connectivity index (χ3v) is 7.28. The molecule has 0 unspecified atom stereocenters. The minimum atomic E-state index is -3.64. The predicted molar refractivity (Wildman–Crippen MR) is 118 cm³/mol. The van der Waals surface area contributed by atoms with Gasteiger partial charge in [-0.1, -0.05) is 19.4 Å². The number of unbranched alkanes of at least 4 members (excludes halogenated alkanes) is 1. The Hall–Kier alpha value is -2.47. The van der Waals surface area contributed by atoms with E-state index in [1.54, 1.807) is 13.0 Å². The van der Waals surface area contributed by atoms with Crippen LogP contribution in [-0.2, 0) is 24.8 Å². The molecule has 11 heteroatoms. The summed E-state index contributed by atoms with van der Waals surface area (Å²) in [7, 11) is -5.92. The molecule has 0 spiro atoms. The van der Waals surface area contributed by atoms with Crippen molar-refractivity contribution in [3.63, 3.8) is 0 Å². The Morgan fingerprint density at radius 1 is 0.968 bits per heavy atom. The summed E-state index contributed by atoms with van der Waals surface area (Å²) in [6, 6.07) is 10.1. The Morgan fingerprint density at radius 3 is 2.23 bits per heavy atom. The molecule has 2 aromatic carbocycles. The van der Waals surface area contributed by atoms with Crippen molar-refractivity contribution in [3.8, 4) is 5.75 Å². The molecule has 0 heterocycles. The maximum Gasteiger partial charge on any atom is 0.262 e. The van der Waals surface area contributed by atoms with Gasteiger partial charge in [0.05, 0.1) is 9.79 Å². The molecule has 0 saturated heterocycles. The average molecular weight is 470 g/mol. The molecule has 0 bridgehead atoms. The topological polar surface area (TPSA) is 131 Å². The van der Waals surface area contributed by atoms with Crippen molar-refractivity contribution in [2.75, 3.05) is 25.5 Å². The van der Waals surface area contributed by atoms with Crippen LogP contribution in [0.2, 0.25) is 0 Å². The zero-order chi connectivity index (χ0) is 23.1. The Bertz CT molecular complexity index is 1110. The van der Waals surface area contributed by atoms with Crippen molar-refractivity contribution in [2.24, 2.45) is 0 Å². The standard InChI is InChI=1S/C20H27N3O6S2/c1-4-5-12-22-31(27,28)17-10-7-16(8-11-17)29-14-20(24)23-19-13-18(9-6-15(19)2)30(25,26)21-3/h6-11,13,21-22H,4-5,12,14H2,1-3H3,(H,23,24). The van der Waals surface area contributed by atoms with E-state index in [1.807, 2.05) is 6.92 Å². The molecule has 9 nitrogen and oxygen atoms in total. The zero-order valence-corrected chi connectivity index (χ0v) is 19.3. The fourth-order valence-corrected chi connectivity index (χ4v) is 4.37. The van der Waals surface area contributed by atoms with Crippen LogP contribution >= 0.6 is 0 Å². The SMILES string of the molecule is CCCCNS(=O)(=O)c1ccc(OCC(=O)Nc2cc(S(=O)(=O)NC)ccc2C)cc1. The van der Waals surface area contributed by atoms with Crippen molar-refractivity contribution in [2.45, 2.75) is 36.5 Å². The lowest BCUT2D eigenvalue weighted by molar-refractivity contribution is -0.118. The lowest BCUT2D eigenvalue weighted by atomic mass is 10.2. The first-order chi connectivity index (χ1) is 14.6. The number of anilines is 1. The van der Waals surface area contributed by atoms with Crippen LogP contribution in [0.15, 0.2) is 52.3 Å². The number of aryl methyl sites for hydroxylation is 1. The molecule has 0 aliphatic rings. The molecule has 0 aromatic heterocycles. The van der Waals surface area contributed by atoms with E-state index >= 15 is 0 Å². The van der Waals surface area contributed by atoms with Crippen LogP contribution in [0.5, 0.6) is 5.75 Å². The molecule has 0 aliphatic carbocycles. The van der Waals surface area contributed by atoms with E-state index in [2.05, 4.69) is 14.8 Å². The highest BCUT2D eigenvalue weighted by Crippen LogP contribution is 2.20. The number of carbonyl (C=O) groups excluding carboxylic acids is 1. The quantitative estimate of drug-likeness (QED) is 0.432. The summed E-state index contributed by atoms with van der Waals surface area (Å²) in [5, 5.41) is 2.62. The molecule has 1 amide bonds. The summed E-state index contributed by atoms with van der Waals surface area (Å²) in [6.07, 6.45) is 1.63. The van der Waals surface area contributed by atoms with E-state index in [1.165, 1.54) is 43.4 Å². The fourth-order valence-electron chi connectivity index (χ4n) is 2.54. The second-order valence-corrected chi connectivity index (χ2v) is 10.4. The van der Waals surface area contributed by atoms with Crippen molar-refractivity contribution in [3.05, 3.63) is 48.0 Å². The van der Waals surface area contributed by atoms with Gasteiger partial charge in [0.25, 0.3) is 5.91 Å². The first-order valence-electron chi connectivity index (χ1n) is 9.65. The van der Waals surface area contributed by atoms with E-state index in [9.17, 15) is 21.6 Å². The highest BCUT2D eigenvalue weighted by Gasteiger charge is 2.15. The number of hydrogen-bond donors (Lipinski definition) is 3. The summed E-state index contributed by atoms with van der Waals surface area (Å²) in [6.45, 7) is 3.75. The molecule has 0 aliphatic heterocycles. The van der Waals surface area contributed by atoms with Crippen LogP contribution in [0.25, 0.3) is 0 Å². The zero-order valence-electron chi connectivity index (χ0n) is 17.6. The van der Waals surface area contributed by atoms with E-state index in [0.29, 0.717) is 23.5 Å². The van der Waals surface area contributed by atoms with Crippen LogP contribution in [0, 0.1) is 6.92 Å². The third kappa shape index (κ3) is 7.03. The second-order valence-electron chi connectivity index (χ2n) is 6.74. The molecule has 31 heavy (non-hydrogen) atoms. The smallest absolute Gasteiger partial charge is 0.262 e. The number of ether oxygens (including phenoxy) is 1. The molecule has 2 rings (SSSR count). The molecule has 0 radical (unpaired) electrons. The summed E-state index contributed by atoms with van der Waals surface area (Å²) < 4.78 is 58.4. The minimum Gasteiger partial charge on any atom is -0.484 e. The predicted octanol–water partition coefficient (Wildman–Crippen LogP) is 2.00. The highest BCUT2D eigenvalue weighted by atomic mass is 32.2. The van der Waals surface area contributed by atoms with Crippen LogP contribution in [0.4, 0.5) is 5.69 Å². The van der Waals surface area contributed by atoms with Crippen LogP contribution in [0.3, 0.4) is 0 Å². The summed E-state index contributed by atoms with van der Waals surface area (Å²) in [5.41, 5.74) is 1.04. The molecule has 3 N–H and O–H groups in total. The van der Waals surface area contributed by atoms with E-state index < -0.39 is 26.0 Å². The monoisotopic (exact) mass is 469 g/mol. The van der Waals surface area contributed by atoms with Gasteiger partial charge in [0.2, 0.25) is 20.0 Å². The van der Waals surface area contributed by atoms with Crippen molar-refractivity contribution in [1.82, 2.24) is 9.44 Å². The number of nitrogens with one attached hydrogen (secondary N) is 3. The van der Waals surface area contributed by atoms with Crippen molar-refractivity contribution in [1.29, 1.82) is 0 Å². The molecule has 170 valence electrons. The highest BCUT2D eigenvalue weighted by molar-refractivity contribution is 7.89. The van der Waals surface area contributed by atoms with E-state index in [4.69, 9.17) is 4.74 Å². The number of rotatable bonds is 11. The van der Waals surface area contributed by atoms with Gasteiger partial charge in [-0.05, 0) is 62.4 Å². The lowest BCUT2D eigenvalue weighted by Crippen LogP contribution is -2.24. The number of hydrogen-bond acceptors (Lipinski definition) is 6. The summed E-state index contributed by atoms with van der Waals surface area (Å²) in [5.74, 6) is -0.161. The molecule has 0 atom stereocenters. The number of amides is 1. The molecule has 0 fully saturated rings. The van der Waals surface area contributed by atoms with Crippen LogP contribution < -0.4 is 19.5 Å². The molecular formula is C20H27N3O6S2. The molecule has 2 aromatic rings. The van der Waals surface area contributed by atoms with Crippen LogP contribution in [0.1, 0.15) is 25.3 Å². The first kappa shape index (κ1) is 24.8. The lowest BCUT2D eigenvalue weighted by Gasteiger charge is -2.12. The third-order valence-electron chi connectivity index (χ3n) is 4.39. The van der Waals surface area contributed by atoms with Gasteiger partial charge in [-0.3, -0.25) is 4.79 Å². The largest absolute Gasteiger partial charge is 0.484 e. The minimum absolute atomic E-state index is 0.0289. The first-order valence-corrected chi connectivity index (χ1v) is 12.6. The summed E-state index contributed by atoms with van der Waals surface area (Å²) >= 11 is 0. The van der Waals surface area contributed by atoms with Crippen molar-refractivity contribution < 1.29 is 26.4 Å². The van der Waals surface area contributed by atoms with Crippen LogP contribution in [-0.4, -0.2) is 42.9 Å².